The van der Waals surface area contributed by atoms with Gasteiger partial charge in [-0.2, -0.15) is 0 Å². The Morgan fingerprint density at radius 2 is 1.70 bits per heavy atom. The normalized spacial score (nSPS) is 11.9. The Balaban J connectivity index is 1.87. The second-order valence-corrected chi connectivity index (χ2v) is 8.63. The van der Waals surface area contributed by atoms with E-state index >= 15 is 0 Å². The number of anilines is 1. The van der Waals surface area contributed by atoms with Crippen molar-refractivity contribution in [1.82, 2.24) is 15.4 Å². The highest BCUT2D eigenvalue weighted by Gasteiger charge is 2.10. The number of nitrogens with zero attached hydrogens (tertiary/aromatic N) is 2. The van der Waals surface area contributed by atoms with Crippen LogP contribution in [0.2, 0.25) is 0 Å². The summed E-state index contributed by atoms with van der Waals surface area (Å²) in [6, 6.07) is 17.2. The van der Waals surface area contributed by atoms with Crippen LogP contribution >= 0.6 is 0 Å². The SMILES string of the molecule is CCNC(=NCc1ccc(S(=O)(=O)NC)cc1)NCCCN(CC)c1ccccc1. The molecule has 7 nitrogen and oxygen atoms in total. The molecule has 3 N–H and O–H groups in total. The van der Waals surface area contributed by atoms with Gasteiger partial charge in [0.05, 0.1) is 11.4 Å². The average molecular weight is 432 g/mol. The van der Waals surface area contributed by atoms with Crippen molar-refractivity contribution in [3.8, 4) is 0 Å². The van der Waals surface area contributed by atoms with Gasteiger partial charge < -0.3 is 15.5 Å². The van der Waals surface area contributed by atoms with Crippen LogP contribution in [0.4, 0.5) is 5.69 Å². The number of benzene rings is 2. The predicted molar refractivity (Wildman–Crippen MR) is 124 cm³/mol. The number of para-hydroxylation sites is 1. The second-order valence-electron chi connectivity index (χ2n) is 6.74. The summed E-state index contributed by atoms with van der Waals surface area (Å²) in [5, 5.41) is 6.62. The number of sulfonamides is 1. The van der Waals surface area contributed by atoms with Gasteiger partial charge in [-0.3, -0.25) is 0 Å². The molecule has 2 rings (SSSR count). The third-order valence-electron chi connectivity index (χ3n) is 4.67. The second kappa shape index (κ2) is 12.2. The largest absolute Gasteiger partial charge is 0.372 e. The van der Waals surface area contributed by atoms with Crippen LogP contribution in [0.1, 0.15) is 25.8 Å². The predicted octanol–water partition coefficient (Wildman–Crippen LogP) is 2.57. The molecule has 2 aromatic carbocycles. The first-order valence-corrected chi connectivity index (χ1v) is 11.8. The topological polar surface area (TPSA) is 85.8 Å². The van der Waals surface area contributed by atoms with Crippen molar-refractivity contribution in [2.24, 2.45) is 4.99 Å². The van der Waals surface area contributed by atoms with Crippen LogP contribution in [0, 0.1) is 0 Å². The molecular formula is C22H33N5O2S. The number of guanidine groups is 1. The Hall–Kier alpha value is -2.58. The third kappa shape index (κ3) is 7.35. The molecule has 0 heterocycles. The van der Waals surface area contributed by atoms with Crippen molar-refractivity contribution in [3.63, 3.8) is 0 Å². The summed E-state index contributed by atoms with van der Waals surface area (Å²) in [6.45, 7) is 8.19. The van der Waals surface area contributed by atoms with Crippen LogP contribution in [0.25, 0.3) is 0 Å². The highest BCUT2D eigenvalue weighted by Crippen LogP contribution is 2.13. The molecule has 0 aliphatic heterocycles. The first kappa shape index (κ1) is 23.7. The molecule has 0 atom stereocenters. The summed E-state index contributed by atoms with van der Waals surface area (Å²) >= 11 is 0. The van der Waals surface area contributed by atoms with Gasteiger partial charge in [0.25, 0.3) is 0 Å². The van der Waals surface area contributed by atoms with Crippen LogP contribution in [0.5, 0.6) is 0 Å². The summed E-state index contributed by atoms with van der Waals surface area (Å²) < 4.78 is 25.9. The lowest BCUT2D eigenvalue weighted by Gasteiger charge is -2.23. The molecule has 0 bridgehead atoms. The molecular weight excluding hydrogens is 398 g/mol. The zero-order valence-corrected chi connectivity index (χ0v) is 18.9. The van der Waals surface area contributed by atoms with Crippen molar-refractivity contribution < 1.29 is 8.42 Å². The highest BCUT2D eigenvalue weighted by atomic mass is 32.2. The molecule has 0 spiro atoms. The standard InChI is InChI=1S/C22H33N5O2S/c1-4-24-22(25-16-9-17-27(5-2)20-10-7-6-8-11-20)26-18-19-12-14-21(15-13-19)30(28,29)23-3/h6-8,10-15,23H,4-5,9,16-18H2,1-3H3,(H2,24,25,26). The van der Waals surface area contributed by atoms with E-state index in [-0.39, 0.29) is 4.90 Å². The molecule has 2 aromatic rings. The van der Waals surface area contributed by atoms with E-state index in [4.69, 9.17) is 0 Å². The molecule has 30 heavy (non-hydrogen) atoms. The zero-order valence-electron chi connectivity index (χ0n) is 18.1. The van der Waals surface area contributed by atoms with E-state index < -0.39 is 10.0 Å². The smallest absolute Gasteiger partial charge is 0.240 e. The fourth-order valence-electron chi connectivity index (χ4n) is 2.99. The molecule has 0 unspecified atom stereocenters. The number of nitrogens with one attached hydrogen (secondary N) is 3. The number of hydrogen-bond acceptors (Lipinski definition) is 4. The van der Waals surface area contributed by atoms with Crippen molar-refractivity contribution in [2.45, 2.75) is 31.7 Å². The Morgan fingerprint density at radius 3 is 2.30 bits per heavy atom. The maximum Gasteiger partial charge on any atom is 0.240 e. The minimum Gasteiger partial charge on any atom is -0.372 e. The van der Waals surface area contributed by atoms with Gasteiger partial charge in [-0.1, -0.05) is 30.3 Å². The minimum absolute atomic E-state index is 0.252. The zero-order chi connectivity index (χ0) is 21.8. The molecule has 0 aliphatic carbocycles. The Kier molecular flexibility index (Phi) is 9.63. The van der Waals surface area contributed by atoms with Gasteiger partial charge in [0.1, 0.15) is 0 Å². The van der Waals surface area contributed by atoms with Gasteiger partial charge in [-0.05, 0) is 57.1 Å². The number of hydrogen-bond donors (Lipinski definition) is 3. The lowest BCUT2D eigenvalue weighted by atomic mass is 10.2. The van der Waals surface area contributed by atoms with Crippen LogP contribution in [0.15, 0.2) is 64.5 Å². The van der Waals surface area contributed by atoms with Crippen LogP contribution in [-0.2, 0) is 16.6 Å². The maximum atomic E-state index is 11.8. The van der Waals surface area contributed by atoms with Gasteiger partial charge in [-0.25, -0.2) is 18.1 Å². The van der Waals surface area contributed by atoms with E-state index in [1.54, 1.807) is 24.3 Å². The van der Waals surface area contributed by atoms with Crippen molar-refractivity contribution in [2.75, 3.05) is 38.1 Å². The Bertz CT molecular complexity index is 884. The molecule has 0 aromatic heterocycles. The van der Waals surface area contributed by atoms with Crippen LogP contribution < -0.4 is 20.3 Å². The van der Waals surface area contributed by atoms with E-state index in [0.717, 1.165) is 44.1 Å². The monoisotopic (exact) mass is 431 g/mol. The first-order valence-electron chi connectivity index (χ1n) is 10.3. The summed E-state index contributed by atoms with van der Waals surface area (Å²) in [5.41, 5.74) is 2.19. The lowest BCUT2D eigenvalue weighted by molar-refractivity contribution is 0.588. The van der Waals surface area contributed by atoms with Gasteiger partial charge in [0.2, 0.25) is 10.0 Å². The van der Waals surface area contributed by atoms with Crippen molar-refractivity contribution in [1.29, 1.82) is 0 Å². The summed E-state index contributed by atoms with van der Waals surface area (Å²) in [5.74, 6) is 0.757. The van der Waals surface area contributed by atoms with Gasteiger partial charge in [-0.15, -0.1) is 0 Å². The minimum atomic E-state index is -3.41. The average Bonchev–Trinajstić information content (AvgIpc) is 2.78. The van der Waals surface area contributed by atoms with Crippen molar-refractivity contribution >= 4 is 21.7 Å². The van der Waals surface area contributed by atoms with Gasteiger partial charge in [0, 0.05) is 31.9 Å². The summed E-state index contributed by atoms with van der Waals surface area (Å²) in [7, 11) is -2.01. The fraction of sp³-hybridized carbons (Fsp3) is 0.409. The quantitative estimate of drug-likeness (QED) is 0.289. The van der Waals surface area contributed by atoms with Gasteiger partial charge in [0.15, 0.2) is 5.96 Å². The summed E-state index contributed by atoms with van der Waals surface area (Å²) in [4.78, 5) is 7.21. The molecule has 0 aliphatic rings. The molecule has 8 heteroatoms. The molecule has 0 saturated heterocycles. The number of rotatable bonds is 11. The molecule has 0 saturated carbocycles. The van der Waals surface area contributed by atoms with E-state index in [0.29, 0.717) is 6.54 Å². The first-order chi connectivity index (χ1) is 14.5. The molecule has 0 amide bonds. The number of aliphatic imine (C=N–C) groups is 1. The van der Waals surface area contributed by atoms with Gasteiger partial charge >= 0.3 is 0 Å². The van der Waals surface area contributed by atoms with Crippen LogP contribution in [-0.4, -0.2) is 47.6 Å². The van der Waals surface area contributed by atoms with E-state index in [1.807, 2.05) is 13.0 Å². The molecule has 164 valence electrons. The van der Waals surface area contributed by atoms with E-state index in [1.165, 1.54) is 12.7 Å². The van der Waals surface area contributed by atoms with Crippen molar-refractivity contribution in [3.05, 3.63) is 60.2 Å². The lowest BCUT2D eigenvalue weighted by Crippen LogP contribution is -2.38. The Morgan fingerprint density at radius 1 is 1.00 bits per heavy atom. The maximum absolute atomic E-state index is 11.8. The highest BCUT2D eigenvalue weighted by molar-refractivity contribution is 7.89. The fourth-order valence-corrected chi connectivity index (χ4v) is 3.72. The Labute approximate surface area is 180 Å². The summed E-state index contributed by atoms with van der Waals surface area (Å²) in [6.07, 6.45) is 0.990. The molecule has 0 fully saturated rings. The van der Waals surface area contributed by atoms with E-state index in [2.05, 4.69) is 56.4 Å². The molecule has 0 radical (unpaired) electrons. The third-order valence-corrected chi connectivity index (χ3v) is 6.10. The van der Waals surface area contributed by atoms with E-state index in [9.17, 15) is 8.42 Å². The van der Waals surface area contributed by atoms with Crippen LogP contribution in [0.3, 0.4) is 0 Å².